The molecule has 0 amide bonds. The molecular formula is C8H16FNO. The van der Waals surface area contributed by atoms with Crippen molar-refractivity contribution in [3.63, 3.8) is 0 Å². The second-order valence-electron chi connectivity index (χ2n) is 3.61. The van der Waals surface area contributed by atoms with Crippen LogP contribution in [-0.2, 0) is 4.74 Å². The van der Waals surface area contributed by atoms with E-state index in [0.717, 1.165) is 13.1 Å². The van der Waals surface area contributed by atoms with E-state index in [1.54, 1.807) is 0 Å². The van der Waals surface area contributed by atoms with Crippen molar-refractivity contribution in [3.8, 4) is 0 Å². The molecule has 0 bridgehead atoms. The maximum absolute atomic E-state index is 11.9. The molecule has 1 aliphatic rings. The van der Waals surface area contributed by atoms with Crippen LogP contribution in [0.3, 0.4) is 0 Å². The highest BCUT2D eigenvalue weighted by Crippen LogP contribution is 2.16. The molecule has 1 aliphatic heterocycles. The Morgan fingerprint density at radius 1 is 1.64 bits per heavy atom. The van der Waals surface area contributed by atoms with Crippen molar-refractivity contribution in [1.82, 2.24) is 5.32 Å². The van der Waals surface area contributed by atoms with Gasteiger partial charge in [0.05, 0.1) is 18.4 Å². The zero-order valence-corrected chi connectivity index (χ0v) is 7.19. The van der Waals surface area contributed by atoms with Crippen LogP contribution in [-0.4, -0.2) is 31.5 Å². The second kappa shape index (κ2) is 3.50. The molecule has 0 aromatic rings. The summed E-state index contributed by atoms with van der Waals surface area (Å²) in [5, 5.41) is 3.22. The van der Waals surface area contributed by atoms with E-state index in [1.165, 1.54) is 0 Å². The van der Waals surface area contributed by atoms with E-state index < -0.39 is 0 Å². The fourth-order valence-electron chi connectivity index (χ4n) is 1.35. The lowest BCUT2D eigenvalue weighted by atomic mass is 10.1. The molecule has 1 rings (SSSR count). The Bertz CT molecular complexity index is 125. The van der Waals surface area contributed by atoms with Gasteiger partial charge in [-0.05, 0) is 13.8 Å². The summed E-state index contributed by atoms with van der Waals surface area (Å²) < 4.78 is 17.5. The minimum Gasteiger partial charge on any atom is -0.370 e. The average Bonchev–Trinajstić information content (AvgIpc) is 1.85. The first-order valence-electron chi connectivity index (χ1n) is 4.08. The second-order valence-corrected chi connectivity index (χ2v) is 3.61. The lowest BCUT2D eigenvalue weighted by molar-refractivity contribution is -0.0975. The van der Waals surface area contributed by atoms with Crippen molar-refractivity contribution in [2.75, 3.05) is 19.8 Å². The van der Waals surface area contributed by atoms with E-state index in [4.69, 9.17) is 4.74 Å². The van der Waals surface area contributed by atoms with Crippen molar-refractivity contribution in [3.05, 3.63) is 0 Å². The number of halogens is 1. The normalized spacial score (nSPS) is 30.3. The fourth-order valence-corrected chi connectivity index (χ4v) is 1.35. The lowest BCUT2D eigenvalue weighted by Gasteiger charge is -2.36. The molecule has 1 fully saturated rings. The van der Waals surface area contributed by atoms with Gasteiger partial charge >= 0.3 is 0 Å². The highest BCUT2D eigenvalue weighted by atomic mass is 19.1. The molecule has 66 valence electrons. The molecule has 0 saturated carbocycles. The van der Waals surface area contributed by atoms with Crippen molar-refractivity contribution in [1.29, 1.82) is 0 Å². The number of hydrogen-bond donors (Lipinski definition) is 1. The summed E-state index contributed by atoms with van der Waals surface area (Å²) in [6, 6.07) is 0. The van der Waals surface area contributed by atoms with Crippen LogP contribution in [0.2, 0.25) is 0 Å². The van der Waals surface area contributed by atoms with Crippen LogP contribution in [0.5, 0.6) is 0 Å². The van der Waals surface area contributed by atoms with Crippen molar-refractivity contribution >= 4 is 0 Å². The Morgan fingerprint density at radius 3 is 2.91 bits per heavy atom. The molecule has 3 heteroatoms. The van der Waals surface area contributed by atoms with E-state index in [2.05, 4.69) is 5.32 Å². The summed E-state index contributed by atoms with van der Waals surface area (Å²) in [6.07, 6.45) is 0.569. The zero-order chi connectivity index (χ0) is 8.32. The summed E-state index contributed by atoms with van der Waals surface area (Å²) in [5.74, 6) is 0. The maximum Gasteiger partial charge on any atom is 0.0919 e. The van der Waals surface area contributed by atoms with Gasteiger partial charge < -0.3 is 10.1 Å². The molecule has 0 radical (unpaired) electrons. The Labute approximate surface area is 67.1 Å². The van der Waals surface area contributed by atoms with Crippen LogP contribution < -0.4 is 5.32 Å². The summed E-state index contributed by atoms with van der Waals surface area (Å²) in [6.45, 7) is 5.39. The Morgan fingerprint density at radius 2 is 2.36 bits per heavy atom. The van der Waals surface area contributed by atoms with Gasteiger partial charge in [-0.2, -0.15) is 0 Å². The van der Waals surface area contributed by atoms with E-state index in [-0.39, 0.29) is 18.4 Å². The Kier molecular flexibility index (Phi) is 2.84. The summed E-state index contributed by atoms with van der Waals surface area (Å²) >= 11 is 0. The molecule has 0 aliphatic carbocycles. The van der Waals surface area contributed by atoms with E-state index >= 15 is 0 Å². The van der Waals surface area contributed by atoms with E-state index in [1.807, 2.05) is 13.8 Å². The molecule has 0 spiro atoms. The number of nitrogens with one attached hydrogen (secondary N) is 1. The number of alkyl halides is 1. The first-order chi connectivity index (χ1) is 5.14. The van der Waals surface area contributed by atoms with Gasteiger partial charge in [0.15, 0.2) is 0 Å². The quantitative estimate of drug-likeness (QED) is 0.655. The van der Waals surface area contributed by atoms with Crippen LogP contribution in [0, 0.1) is 0 Å². The van der Waals surface area contributed by atoms with Crippen LogP contribution in [0.1, 0.15) is 20.3 Å². The molecule has 2 nitrogen and oxygen atoms in total. The highest BCUT2D eigenvalue weighted by molar-refractivity contribution is 4.80. The van der Waals surface area contributed by atoms with Crippen molar-refractivity contribution in [2.24, 2.45) is 0 Å². The van der Waals surface area contributed by atoms with Gasteiger partial charge in [0.2, 0.25) is 0 Å². The standard InChI is InChI=1S/C8H16FNO/c1-8(2)6-10-5-7(11-8)3-4-9/h7,10H,3-6H2,1-2H3. The number of morpholine rings is 1. The SMILES string of the molecule is CC1(C)CNCC(CCF)O1. The molecule has 0 aromatic carbocycles. The lowest BCUT2D eigenvalue weighted by Crippen LogP contribution is -2.50. The number of hydrogen-bond acceptors (Lipinski definition) is 2. The zero-order valence-electron chi connectivity index (χ0n) is 7.19. The molecule has 1 saturated heterocycles. The van der Waals surface area contributed by atoms with Crippen LogP contribution in [0.25, 0.3) is 0 Å². The van der Waals surface area contributed by atoms with Crippen LogP contribution in [0.4, 0.5) is 4.39 Å². The monoisotopic (exact) mass is 161 g/mol. The van der Waals surface area contributed by atoms with Gasteiger partial charge in [-0.15, -0.1) is 0 Å². The summed E-state index contributed by atoms with van der Waals surface area (Å²) in [7, 11) is 0. The van der Waals surface area contributed by atoms with Crippen LogP contribution in [0.15, 0.2) is 0 Å². The maximum atomic E-state index is 11.9. The number of ether oxygens (including phenoxy) is 1. The molecule has 11 heavy (non-hydrogen) atoms. The fraction of sp³-hybridized carbons (Fsp3) is 1.00. The van der Waals surface area contributed by atoms with E-state index in [9.17, 15) is 4.39 Å². The van der Waals surface area contributed by atoms with Gasteiger partial charge in [-0.1, -0.05) is 0 Å². The van der Waals surface area contributed by atoms with Crippen molar-refractivity contribution < 1.29 is 9.13 Å². The van der Waals surface area contributed by atoms with Gasteiger partial charge in [-0.3, -0.25) is 4.39 Å². The van der Waals surface area contributed by atoms with Gasteiger partial charge in [-0.25, -0.2) is 0 Å². The highest BCUT2D eigenvalue weighted by Gasteiger charge is 2.27. The minimum atomic E-state index is -0.289. The largest absolute Gasteiger partial charge is 0.370 e. The Balaban J connectivity index is 2.34. The van der Waals surface area contributed by atoms with Crippen LogP contribution >= 0.6 is 0 Å². The molecular weight excluding hydrogens is 145 g/mol. The van der Waals surface area contributed by atoms with E-state index in [0.29, 0.717) is 6.42 Å². The molecule has 1 atom stereocenters. The first-order valence-corrected chi connectivity index (χ1v) is 4.08. The van der Waals surface area contributed by atoms with Gasteiger partial charge in [0, 0.05) is 19.5 Å². The smallest absolute Gasteiger partial charge is 0.0919 e. The van der Waals surface area contributed by atoms with Gasteiger partial charge in [0.1, 0.15) is 0 Å². The molecule has 0 aromatic heterocycles. The first kappa shape index (κ1) is 8.94. The molecule has 1 unspecified atom stereocenters. The Hall–Kier alpha value is -0.150. The minimum absolute atomic E-state index is 0.0590. The average molecular weight is 161 g/mol. The number of rotatable bonds is 2. The summed E-state index contributed by atoms with van der Waals surface area (Å²) in [4.78, 5) is 0. The predicted molar refractivity (Wildman–Crippen MR) is 42.4 cm³/mol. The molecule has 1 heterocycles. The van der Waals surface area contributed by atoms with Crippen molar-refractivity contribution in [2.45, 2.75) is 32.0 Å². The topological polar surface area (TPSA) is 21.3 Å². The predicted octanol–water partition coefficient (Wildman–Crippen LogP) is 1.11. The third-order valence-corrected chi connectivity index (χ3v) is 1.84. The van der Waals surface area contributed by atoms with Gasteiger partial charge in [0.25, 0.3) is 0 Å². The third-order valence-electron chi connectivity index (χ3n) is 1.84. The third kappa shape index (κ3) is 2.75. The summed E-state index contributed by atoms with van der Waals surface area (Å²) in [5.41, 5.74) is -0.127. The molecule has 1 N–H and O–H groups in total.